The molecule has 0 heterocycles. The molecule has 3 heteroatoms. The molecule has 1 rings (SSSR count). The molecule has 0 aliphatic heterocycles. The molecule has 0 radical (unpaired) electrons. The fourth-order valence-corrected chi connectivity index (χ4v) is 2.63. The van der Waals surface area contributed by atoms with Gasteiger partial charge in [0.15, 0.2) is 0 Å². The van der Waals surface area contributed by atoms with Crippen molar-refractivity contribution in [2.24, 2.45) is 11.7 Å². The molecule has 21 heavy (non-hydrogen) atoms. The summed E-state index contributed by atoms with van der Waals surface area (Å²) < 4.78 is 0. The van der Waals surface area contributed by atoms with Gasteiger partial charge in [-0.2, -0.15) is 5.26 Å². The fourth-order valence-electron chi connectivity index (χ4n) is 2.63. The second-order valence-electron chi connectivity index (χ2n) is 5.77. The minimum atomic E-state index is -0.886. The van der Waals surface area contributed by atoms with Crippen LogP contribution in [0.1, 0.15) is 45.6 Å². The van der Waals surface area contributed by atoms with E-state index in [4.69, 9.17) is 5.73 Å². The smallest absolute Gasteiger partial charge is 0.131 e. The van der Waals surface area contributed by atoms with Crippen LogP contribution in [0.25, 0.3) is 0 Å². The summed E-state index contributed by atoms with van der Waals surface area (Å²) in [6, 6.07) is 12.0. The van der Waals surface area contributed by atoms with Crippen molar-refractivity contribution >= 4 is 0 Å². The zero-order chi connectivity index (χ0) is 15.7. The Kier molecular flexibility index (Phi) is 7.42. The van der Waals surface area contributed by atoms with Crippen LogP contribution in [0.15, 0.2) is 30.3 Å². The standard InChI is InChI=1S/C18H29N3/c1-4-16(5-2)14-21(6-3)13-12-18(20,15-19)17-10-8-7-9-11-17/h7-11,16H,4-6,12-14,20H2,1-3H3. The van der Waals surface area contributed by atoms with Gasteiger partial charge >= 0.3 is 0 Å². The van der Waals surface area contributed by atoms with Crippen LogP contribution in [0.5, 0.6) is 0 Å². The third-order valence-corrected chi connectivity index (χ3v) is 4.43. The minimum absolute atomic E-state index is 0.668. The second-order valence-corrected chi connectivity index (χ2v) is 5.77. The minimum Gasteiger partial charge on any atom is -0.310 e. The zero-order valence-corrected chi connectivity index (χ0v) is 13.7. The van der Waals surface area contributed by atoms with Crippen molar-refractivity contribution in [1.82, 2.24) is 4.90 Å². The monoisotopic (exact) mass is 287 g/mol. The zero-order valence-electron chi connectivity index (χ0n) is 13.7. The number of nitrogens with zero attached hydrogens (tertiary/aromatic N) is 2. The third-order valence-electron chi connectivity index (χ3n) is 4.43. The first-order chi connectivity index (χ1) is 10.1. The van der Waals surface area contributed by atoms with Gasteiger partial charge in [-0.15, -0.1) is 0 Å². The van der Waals surface area contributed by atoms with E-state index in [2.05, 4.69) is 31.7 Å². The molecule has 2 N–H and O–H groups in total. The fraction of sp³-hybridized carbons (Fsp3) is 0.611. The number of nitrogens with two attached hydrogens (primary N) is 1. The van der Waals surface area contributed by atoms with E-state index in [1.165, 1.54) is 12.8 Å². The highest BCUT2D eigenvalue weighted by atomic mass is 15.1. The molecular weight excluding hydrogens is 258 g/mol. The molecule has 0 saturated carbocycles. The molecule has 0 aliphatic carbocycles. The van der Waals surface area contributed by atoms with Crippen molar-refractivity contribution in [2.45, 2.75) is 45.6 Å². The molecule has 0 amide bonds. The summed E-state index contributed by atoms with van der Waals surface area (Å²) in [4.78, 5) is 2.42. The highest BCUT2D eigenvalue weighted by Gasteiger charge is 2.27. The molecular formula is C18H29N3. The Hall–Kier alpha value is -1.37. The first kappa shape index (κ1) is 17.7. The number of hydrogen-bond acceptors (Lipinski definition) is 3. The number of rotatable bonds is 9. The maximum Gasteiger partial charge on any atom is 0.131 e. The van der Waals surface area contributed by atoms with Gasteiger partial charge in [0.2, 0.25) is 0 Å². The van der Waals surface area contributed by atoms with Crippen molar-refractivity contribution in [3.05, 3.63) is 35.9 Å². The van der Waals surface area contributed by atoms with E-state index in [0.29, 0.717) is 6.42 Å². The highest BCUT2D eigenvalue weighted by molar-refractivity contribution is 5.30. The summed E-state index contributed by atoms with van der Waals surface area (Å²) in [6.07, 6.45) is 3.08. The predicted molar refractivity (Wildman–Crippen MR) is 88.7 cm³/mol. The lowest BCUT2D eigenvalue weighted by Crippen LogP contribution is -2.40. The Bertz CT molecular complexity index is 434. The molecule has 0 aromatic heterocycles. The van der Waals surface area contributed by atoms with Crippen LogP contribution >= 0.6 is 0 Å². The van der Waals surface area contributed by atoms with Gasteiger partial charge in [0.25, 0.3) is 0 Å². The van der Waals surface area contributed by atoms with Gasteiger partial charge in [0.05, 0.1) is 6.07 Å². The predicted octanol–water partition coefficient (Wildman–Crippen LogP) is 3.51. The number of nitriles is 1. The Morgan fingerprint density at radius 1 is 1.19 bits per heavy atom. The third kappa shape index (κ3) is 5.15. The topological polar surface area (TPSA) is 53.0 Å². The summed E-state index contributed by atoms with van der Waals surface area (Å²) in [5.41, 5.74) is 6.35. The molecule has 1 aromatic rings. The average molecular weight is 287 g/mol. The van der Waals surface area contributed by atoms with Crippen molar-refractivity contribution < 1.29 is 0 Å². The molecule has 0 saturated heterocycles. The van der Waals surface area contributed by atoms with Gasteiger partial charge in [0, 0.05) is 13.1 Å². The van der Waals surface area contributed by atoms with Gasteiger partial charge in [0.1, 0.15) is 5.54 Å². The van der Waals surface area contributed by atoms with Crippen LogP contribution in [-0.2, 0) is 5.54 Å². The summed E-state index contributed by atoms with van der Waals surface area (Å²) in [7, 11) is 0. The lowest BCUT2D eigenvalue weighted by atomic mass is 9.89. The van der Waals surface area contributed by atoms with Gasteiger partial charge < -0.3 is 10.6 Å². The molecule has 1 unspecified atom stereocenters. The molecule has 0 fully saturated rings. The normalized spacial score (nSPS) is 14.1. The van der Waals surface area contributed by atoms with Crippen LogP contribution in [0, 0.1) is 17.2 Å². The molecule has 0 aliphatic rings. The van der Waals surface area contributed by atoms with E-state index < -0.39 is 5.54 Å². The van der Waals surface area contributed by atoms with Crippen molar-refractivity contribution in [2.75, 3.05) is 19.6 Å². The Morgan fingerprint density at radius 3 is 2.29 bits per heavy atom. The number of benzene rings is 1. The SMILES string of the molecule is CCC(CC)CN(CC)CCC(N)(C#N)c1ccccc1. The van der Waals surface area contributed by atoms with Crippen LogP contribution < -0.4 is 5.73 Å². The maximum absolute atomic E-state index is 9.51. The summed E-state index contributed by atoms with van der Waals surface area (Å²) in [5, 5.41) is 9.51. The van der Waals surface area contributed by atoms with Gasteiger partial charge in [-0.1, -0.05) is 63.9 Å². The van der Waals surface area contributed by atoms with E-state index in [-0.39, 0.29) is 0 Å². The van der Waals surface area contributed by atoms with Crippen LogP contribution in [0.2, 0.25) is 0 Å². The molecule has 0 bridgehead atoms. The van der Waals surface area contributed by atoms with Crippen LogP contribution in [0.4, 0.5) is 0 Å². The Balaban J connectivity index is 2.67. The first-order valence-electron chi connectivity index (χ1n) is 8.07. The first-order valence-corrected chi connectivity index (χ1v) is 8.07. The van der Waals surface area contributed by atoms with Gasteiger partial charge in [-0.05, 0) is 24.4 Å². The quantitative estimate of drug-likeness (QED) is 0.756. The summed E-state index contributed by atoms with van der Waals surface area (Å²) >= 11 is 0. The molecule has 3 nitrogen and oxygen atoms in total. The van der Waals surface area contributed by atoms with Crippen molar-refractivity contribution in [3.63, 3.8) is 0 Å². The Labute approximate surface area is 129 Å². The summed E-state index contributed by atoms with van der Waals surface area (Å²) in [5.74, 6) is 0.732. The molecule has 1 aromatic carbocycles. The van der Waals surface area contributed by atoms with E-state index >= 15 is 0 Å². The molecule has 116 valence electrons. The molecule has 0 spiro atoms. The van der Waals surface area contributed by atoms with Crippen molar-refractivity contribution in [3.8, 4) is 6.07 Å². The van der Waals surface area contributed by atoms with Crippen LogP contribution in [-0.4, -0.2) is 24.5 Å². The second kappa shape index (κ2) is 8.81. The number of hydrogen-bond donors (Lipinski definition) is 1. The Morgan fingerprint density at radius 2 is 1.81 bits per heavy atom. The lowest BCUT2D eigenvalue weighted by Gasteiger charge is -2.29. The van der Waals surface area contributed by atoms with Gasteiger partial charge in [-0.25, -0.2) is 0 Å². The van der Waals surface area contributed by atoms with Crippen LogP contribution in [0.3, 0.4) is 0 Å². The summed E-state index contributed by atoms with van der Waals surface area (Å²) in [6.45, 7) is 9.64. The lowest BCUT2D eigenvalue weighted by molar-refractivity contribution is 0.219. The average Bonchev–Trinajstić information content (AvgIpc) is 2.55. The molecule has 1 atom stereocenters. The van der Waals surface area contributed by atoms with Crippen molar-refractivity contribution in [1.29, 1.82) is 5.26 Å². The van der Waals surface area contributed by atoms with Gasteiger partial charge in [-0.3, -0.25) is 0 Å². The van der Waals surface area contributed by atoms with E-state index in [1.807, 2.05) is 30.3 Å². The van der Waals surface area contributed by atoms with E-state index in [9.17, 15) is 5.26 Å². The van der Waals surface area contributed by atoms with E-state index in [0.717, 1.165) is 31.1 Å². The highest BCUT2D eigenvalue weighted by Crippen LogP contribution is 2.22. The largest absolute Gasteiger partial charge is 0.310 e. The maximum atomic E-state index is 9.51. The van der Waals surface area contributed by atoms with E-state index in [1.54, 1.807) is 0 Å².